The number of benzene rings is 9. The highest BCUT2D eigenvalue weighted by molar-refractivity contribution is 6.17. The van der Waals surface area contributed by atoms with Gasteiger partial charge >= 0.3 is 0 Å². The summed E-state index contributed by atoms with van der Waals surface area (Å²) in [6, 6.07) is 74.8. The van der Waals surface area contributed by atoms with Crippen molar-refractivity contribution in [3.05, 3.63) is 245 Å². The molecule has 1 aliphatic heterocycles. The van der Waals surface area contributed by atoms with E-state index in [9.17, 15) is 0 Å². The van der Waals surface area contributed by atoms with E-state index in [1.807, 2.05) is 24.3 Å². The minimum Gasteiger partial charge on any atom is -0.344 e. The van der Waals surface area contributed by atoms with Gasteiger partial charge in [0.2, 0.25) is 0 Å². The molecule has 1 N–H and O–H groups in total. The van der Waals surface area contributed by atoms with Gasteiger partial charge in [-0.2, -0.15) is 0 Å². The van der Waals surface area contributed by atoms with E-state index in [2.05, 4.69) is 215 Å². The molecule has 1 atom stereocenters. The highest BCUT2D eigenvalue weighted by Gasteiger charge is 2.37. The third-order valence-electron chi connectivity index (χ3n) is 15.0. The van der Waals surface area contributed by atoms with Gasteiger partial charge < -0.3 is 5.32 Å². The predicted octanol–water partition coefficient (Wildman–Crippen LogP) is 15.5. The van der Waals surface area contributed by atoms with Crippen molar-refractivity contribution in [3.8, 4) is 55.8 Å². The zero-order valence-corrected chi connectivity index (χ0v) is 38.5. The molecular weight excluding hydrogens is 825 g/mol. The highest BCUT2D eigenvalue weighted by Crippen LogP contribution is 2.52. The van der Waals surface area contributed by atoms with Gasteiger partial charge in [0.1, 0.15) is 12.0 Å². The van der Waals surface area contributed by atoms with Gasteiger partial charge in [-0.05, 0) is 102 Å². The van der Waals surface area contributed by atoms with Gasteiger partial charge in [-0.25, -0.2) is 15.0 Å². The largest absolute Gasteiger partial charge is 0.344 e. The molecule has 2 aliphatic carbocycles. The maximum absolute atomic E-state index is 5.61. The molecule has 10 aromatic rings. The average Bonchev–Trinajstić information content (AvgIpc) is 3.77. The number of hydrogen-bond donors (Lipinski definition) is 1. The van der Waals surface area contributed by atoms with Gasteiger partial charge in [0.25, 0.3) is 0 Å². The lowest BCUT2D eigenvalue weighted by Gasteiger charge is -2.23. The van der Waals surface area contributed by atoms with Crippen LogP contribution in [-0.2, 0) is 10.8 Å². The summed E-state index contributed by atoms with van der Waals surface area (Å²) >= 11 is 0. The van der Waals surface area contributed by atoms with E-state index in [0.29, 0.717) is 5.84 Å². The number of aromatic nitrogens is 1. The molecular formula is C64H48N4. The molecule has 4 heteroatoms. The summed E-state index contributed by atoms with van der Waals surface area (Å²) in [5, 5.41) is 7.04. The van der Waals surface area contributed by atoms with Crippen LogP contribution >= 0.6 is 0 Å². The number of nitrogens with zero attached hydrogens (tertiary/aromatic N) is 3. The Balaban J connectivity index is 0.987. The molecule has 68 heavy (non-hydrogen) atoms. The topological polar surface area (TPSA) is 49.6 Å². The zero-order chi connectivity index (χ0) is 45.7. The van der Waals surface area contributed by atoms with Crippen molar-refractivity contribution in [2.24, 2.45) is 9.98 Å². The average molecular weight is 873 g/mol. The van der Waals surface area contributed by atoms with E-state index >= 15 is 0 Å². The van der Waals surface area contributed by atoms with Crippen LogP contribution in [0.2, 0.25) is 0 Å². The quantitative estimate of drug-likeness (QED) is 0.169. The van der Waals surface area contributed by atoms with Gasteiger partial charge in [-0.1, -0.05) is 210 Å². The van der Waals surface area contributed by atoms with Crippen LogP contribution in [0.1, 0.15) is 72.8 Å². The smallest absolute Gasteiger partial charge is 0.159 e. The molecule has 0 saturated heterocycles. The van der Waals surface area contributed by atoms with Crippen LogP contribution in [0.25, 0.3) is 77.4 Å². The van der Waals surface area contributed by atoms with E-state index in [1.165, 1.54) is 66.6 Å². The molecule has 324 valence electrons. The molecule has 9 aromatic carbocycles. The summed E-state index contributed by atoms with van der Waals surface area (Å²) in [5.74, 6) is 1.49. The lowest BCUT2D eigenvalue weighted by molar-refractivity contribution is 0.660. The van der Waals surface area contributed by atoms with Crippen LogP contribution in [0.4, 0.5) is 0 Å². The van der Waals surface area contributed by atoms with Crippen LogP contribution in [0.3, 0.4) is 0 Å². The number of amidine groups is 2. The summed E-state index contributed by atoms with van der Waals surface area (Å²) in [7, 11) is 0. The molecule has 1 aromatic heterocycles. The minimum absolute atomic E-state index is 0.110. The Hall–Kier alpha value is -8.21. The standard InChI is InChI=1S/C64H48N4/c1-63(2)54-25-15-13-22-46(54)48-33-31-43(35-56(48)63)51-37-53-52(44-32-34-49-47-23-14-16-26-55(47)64(3,4)57(49)36-44)38-58(65-59(53)50-24-12-11-21-45(50)51)39-27-29-42(30-28-39)62-67-60(40-17-7-5-8-18-40)66-61(68-62)41-19-9-6-10-20-41/h5-38,60H,1-4H3,(H,66,67,68). The Morgan fingerprint density at radius 3 is 1.51 bits per heavy atom. The molecule has 0 fully saturated rings. The summed E-state index contributed by atoms with van der Waals surface area (Å²) in [6.07, 6.45) is -0.272. The molecule has 13 rings (SSSR count). The second-order valence-electron chi connectivity index (χ2n) is 19.6. The van der Waals surface area contributed by atoms with Crippen molar-refractivity contribution in [1.82, 2.24) is 10.3 Å². The number of rotatable bonds is 6. The Morgan fingerprint density at radius 1 is 0.382 bits per heavy atom. The third-order valence-corrected chi connectivity index (χ3v) is 15.0. The molecule has 0 saturated carbocycles. The molecule has 4 nitrogen and oxygen atoms in total. The number of hydrogen-bond acceptors (Lipinski definition) is 4. The number of pyridine rings is 1. The SMILES string of the molecule is CC1(C)c2ccccc2-c2ccc(-c3cc4c(-c5ccc6c(c5)C(C)(C)c5ccccc5-6)cc(-c5ccc(C6=NC(c7ccccc7)NC(c7ccccc7)=N6)cc5)nc4c4ccccc34)cc21. The van der Waals surface area contributed by atoms with E-state index in [-0.39, 0.29) is 17.0 Å². The van der Waals surface area contributed by atoms with Gasteiger partial charge in [-0.3, -0.25) is 0 Å². The van der Waals surface area contributed by atoms with E-state index in [1.54, 1.807) is 0 Å². The molecule has 0 bridgehead atoms. The van der Waals surface area contributed by atoms with Crippen LogP contribution in [0, 0.1) is 0 Å². The van der Waals surface area contributed by atoms with Crippen molar-refractivity contribution in [2.45, 2.75) is 44.7 Å². The lowest BCUT2D eigenvalue weighted by atomic mass is 9.81. The fourth-order valence-electron chi connectivity index (χ4n) is 11.3. The zero-order valence-electron chi connectivity index (χ0n) is 38.5. The maximum Gasteiger partial charge on any atom is 0.159 e. The molecule has 0 spiro atoms. The fraction of sp³-hybridized carbons (Fsp3) is 0.109. The van der Waals surface area contributed by atoms with Gasteiger partial charge in [0, 0.05) is 38.3 Å². The monoisotopic (exact) mass is 872 g/mol. The molecule has 1 unspecified atom stereocenters. The van der Waals surface area contributed by atoms with Crippen molar-refractivity contribution in [2.75, 3.05) is 0 Å². The van der Waals surface area contributed by atoms with E-state index < -0.39 is 0 Å². The molecule has 2 heterocycles. The first kappa shape index (κ1) is 40.1. The van der Waals surface area contributed by atoms with Crippen LogP contribution < -0.4 is 5.32 Å². The minimum atomic E-state index is -0.272. The van der Waals surface area contributed by atoms with E-state index in [4.69, 9.17) is 15.0 Å². The van der Waals surface area contributed by atoms with Crippen molar-refractivity contribution < 1.29 is 0 Å². The Kier molecular flexibility index (Phi) is 8.94. The third kappa shape index (κ3) is 6.24. The summed E-state index contributed by atoms with van der Waals surface area (Å²) < 4.78 is 0. The Bertz CT molecular complexity index is 3750. The summed E-state index contributed by atoms with van der Waals surface area (Å²) in [4.78, 5) is 15.9. The second kappa shape index (κ2) is 15.2. The summed E-state index contributed by atoms with van der Waals surface area (Å²) in [6.45, 7) is 9.44. The van der Waals surface area contributed by atoms with Gasteiger partial charge in [0.15, 0.2) is 5.84 Å². The van der Waals surface area contributed by atoms with E-state index in [0.717, 1.165) is 55.6 Å². The molecule has 0 amide bonds. The fourth-order valence-corrected chi connectivity index (χ4v) is 11.3. The second-order valence-corrected chi connectivity index (χ2v) is 19.6. The number of fused-ring (bicyclic) bond motifs is 9. The van der Waals surface area contributed by atoms with Crippen molar-refractivity contribution in [1.29, 1.82) is 0 Å². The van der Waals surface area contributed by atoms with Crippen LogP contribution in [0.5, 0.6) is 0 Å². The van der Waals surface area contributed by atoms with Gasteiger partial charge in [0.05, 0.1) is 11.2 Å². The molecule has 3 aliphatic rings. The highest BCUT2D eigenvalue weighted by atomic mass is 15.2. The normalized spacial score (nSPS) is 16.0. The Labute approximate surface area is 397 Å². The first-order valence-electron chi connectivity index (χ1n) is 23.7. The molecule has 0 radical (unpaired) electrons. The first-order valence-corrected chi connectivity index (χ1v) is 23.7. The van der Waals surface area contributed by atoms with Crippen molar-refractivity contribution >= 4 is 33.3 Å². The van der Waals surface area contributed by atoms with Gasteiger partial charge in [-0.15, -0.1) is 0 Å². The van der Waals surface area contributed by atoms with Crippen LogP contribution in [-0.4, -0.2) is 16.7 Å². The lowest BCUT2D eigenvalue weighted by Crippen LogP contribution is -2.33. The van der Waals surface area contributed by atoms with Crippen LogP contribution in [0.15, 0.2) is 216 Å². The number of nitrogens with one attached hydrogen (secondary N) is 1. The summed E-state index contributed by atoms with van der Waals surface area (Å²) in [5.41, 5.74) is 21.3. The number of aliphatic imine (C=N–C) groups is 2. The Morgan fingerprint density at radius 2 is 0.882 bits per heavy atom. The first-order chi connectivity index (χ1) is 33.2. The maximum atomic E-state index is 5.61. The predicted molar refractivity (Wildman–Crippen MR) is 283 cm³/mol. The van der Waals surface area contributed by atoms with Crippen molar-refractivity contribution in [3.63, 3.8) is 0 Å².